The molecule has 0 saturated carbocycles. The molecular formula is C23H17Cl2F3N2O3S. The van der Waals surface area contributed by atoms with E-state index in [0.717, 1.165) is 6.07 Å². The fraction of sp³-hybridized carbons (Fsp3) is 0.174. The van der Waals surface area contributed by atoms with Gasteiger partial charge in [0.2, 0.25) is 0 Å². The highest BCUT2D eigenvalue weighted by atomic mass is 35.5. The summed E-state index contributed by atoms with van der Waals surface area (Å²) in [6.45, 7) is -1.55. The van der Waals surface area contributed by atoms with Crippen LogP contribution in [-0.2, 0) is 16.3 Å². The van der Waals surface area contributed by atoms with Crippen LogP contribution >= 0.6 is 23.2 Å². The van der Waals surface area contributed by atoms with Crippen molar-refractivity contribution in [2.45, 2.75) is 24.9 Å². The van der Waals surface area contributed by atoms with Crippen LogP contribution in [0.4, 0.5) is 13.2 Å². The van der Waals surface area contributed by atoms with Crippen molar-refractivity contribution in [1.29, 1.82) is 0 Å². The second kappa shape index (κ2) is 9.48. The number of fused-ring (bicyclic) bond motifs is 1. The first kappa shape index (κ1) is 24.4. The summed E-state index contributed by atoms with van der Waals surface area (Å²) >= 11 is 13.0. The Morgan fingerprint density at radius 2 is 1.85 bits per heavy atom. The number of para-hydroxylation sites is 1. The van der Waals surface area contributed by atoms with Crippen molar-refractivity contribution < 1.29 is 26.3 Å². The van der Waals surface area contributed by atoms with E-state index in [-0.39, 0.29) is 49.6 Å². The van der Waals surface area contributed by atoms with Gasteiger partial charge in [0.25, 0.3) is 0 Å². The van der Waals surface area contributed by atoms with Crippen LogP contribution in [0.15, 0.2) is 53.4 Å². The Balaban J connectivity index is 1.74. The summed E-state index contributed by atoms with van der Waals surface area (Å²) in [7, 11) is -3.54. The van der Waals surface area contributed by atoms with Crippen molar-refractivity contribution >= 4 is 44.1 Å². The highest BCUT2D eigenvalue weighted by Gasteiger charge is 2.21. The zero-order valence-corrected chi connectivity index (χ0v) is 19.9. The number of benzene rings is 3. The SMILES string of the molecule is CCS(=O)(=O)c1ccc(Cc2nc3c(Cl)c(-c4ccccc4OC(F)F)c(Cl)cc3[nH]2)c(F)c1. The minimum absolute atomic E-state index is 0.0291. The predicted octanol–water partition coefficient (Wildman–Crippen LogP) is 6.66. The molecule has 0 fully saturated rings. The van der Waals surface area contributed by atoms with Gasteiger partial charge < -0.3 is 9.72 Å². The first-order chi connectivity index (χ1) is 16.1. The molecule has 0 spiro atoms. The standard InChI is InChI=1S/C23H17Cl2F3N2O3S/c1-2-34(31,32)13-8-7-12(16(26)10-13)9-19-29-17-11-15(24)20(21(25)22(17)30-19)14-5-3-4-6-18(14)33-23(27)28/h3-8,10-11,23H,2,9H2,1H3,(H,29,30). The Hall–Kier alpha value is -2.75. The summed E-state index contributed by atoms with van der Waals surface area (Å²) in [5, 5.41) is 0.290. The number of halogens is 5. The third-order valence-corrected chi connectivity index (χ3v) is 7.61. The number of hydrogen-bond acceptors (Lipinski definition) is 4. The number of H-pyrrole nitrogens is 1. The van der Waals surface area contributed by atoms with Gasteiger partial charge in [0.15, 0.2) is 9.84 Å². The minimum Gasteiger partial charge on any atom is -0.434 e. The summed E-state index contributed by atoms with van der Waals surface area (Å²) in [5.74, 6) is -0.562. The average Bonchev–Trinajstić information content (AvgIpc) is 3.18. The molecule has 34 heavy (non-hydrogen) atoms. The Kier molecular flexibility index (Phi) is 6.80. The van der Waals surface area contributed by atoms with Crippen LogP contribution < -0.4 is 4.74 Å². The molecule has 4 rings (SSSR count). The largest absolute Gasteiger partial charge is 0.434 e. The molecule has 3 aromatic carbocycles. The smallest absolute Gasteiger partial charge is 0.387 e. The van der Waals surface area contributed by atoms with E-state index in [4.69, 9.17) is 23.2 Å². The summed E-state index contributed by atoms with van der Waals surface area (Å²) in [4.78, 5) is 7.36. The van der Waals surface area contributed by atoms with Gasteiger partial charge in [0.05, 0.1) is 26.2 Å². The van der Waals surface area contributed by atoms with Crippen LogP contribution in [0.1, 0.15) is 18.3 Å². The number of rotatable bonds is 7. The van der Waals surface area contributed by atoms with Crippen molar-refractivity contribution in [2.24, 2.45) is 0 Å². The summed E-state index contributed by atoms with van der Waals surface area (Å²) in [5.41, 5.74) is 1.54. The van der Waals surface area contributed by atoms with Crippen molar-refractivity contribution in [1.82, 2.24) is 9.97 Å². The topological polar surface area (TPSA) is 72.1 Å². The van der Waals surface area contributed by atoms with Gasteiger partial charge >= 0.3 is 6.61 Å². The summed E-state index contributed by atoms with van der Waals surface area (Å²) in [6, 6.07) is 11.4. The molecule has 0 unspecified atom stereocenters. The molecule has 1 aromatic heterocycles. The molecule has 0 radical (unpaired) electrons. The van der Waals surface area contributed by atoms with Gasteiger partial charge in [-0.3, -0.25) is 0 Å². The number of sulfone groups is 1. The fourth-order valence-corrected chi connectivity index (χ4v) is 5.14. The van der Waals surface area contributed by atoms with Gasteiger partial charge in [-0.25, -0.2) is 17.8 Å². The van der Waals surface area contributed by atoms with E-state index in [1.807, 2.05) is 0 Å². The molecule has 178 valence electrons. The molecule has 1 N–H and O–H groups in total. The highest BCUT2D eigenvalue weighted by molar-refractivity contribution is 7.91. The maximum atomic E-state index is 14.6. The van der Waals surface area contributed by atoms with E-state index in [1.165, 1.54) is 25.1 Å². The number of nitrogens with one attached hydrogen (secondary N) is 1. The Morgan fingerprint density at radius 1 is 1.12 bits per heavy atom. The normalized spacial score (nSPS) is 12.0. The van der Waals surface area contributed by atoms with Crippen LogP contribution in [0.5, 0.6) is 5.75 Å². The first-order valence-corrected chi connectivity index (χ1v) is 12.4. The lowest BCUT2D eigenvalue weighted by atomic mass is 10.0. The van der Waals surface area contributed by atoms with Crippen molar-refractivity contribution in [3.63, 3.8) is 0 Å². The molecule has 0 amide bonds. The van der Waals surface area contributed by atoms with Crippen LogP contribution in [0.3, 0.4) is 0 Å². The third-order valence-electron chi connectivity index (χ3n) is 5.21. The number of nitrogens with zero attached hydrogens (tertiary/aromatic N) is 1. The number of aromatic nitrogens is 2. The van der Waals surface area contributed by atoms with Crippen LogP contribution in [0.25, 0.3) is 22.2 Å². The predicted molar refractivity (Wildman–Crippen MR) is 125 cm³/mol. The second-order valence-electron chi connectivity index (χ2n) is 7.34. The van der Waals surface area contributed by atoms with E-state index >= 15 is 0 Å². The Morgan fingerprint density at radius 3 is 2.53 bits per heavy atom. The number of alkyl halides is 2. The Bertz CT molecular complexity index is 1490. The van der Waals surface area contributed by atoms with Gasteiger partial charge in [-0.1, -0.05) is 54.4 Å². The maximum Gasteiger partial charge on any atom is 0.387 e. The number of ether oxygens (including phenoxy) is 1. The van der Waals surface area contributed by atoms with Gasteiger partial charge in [0.1, 0.15) is 22.9 Å². The summed E-state index contributed by atoms with van der Waals surface area (Å²) in [6.07, 6.45) is 0.0291. The number of imidazole rings is 1. The van der Waals surface area contributed by atoms with Crippen molar-refractivity contribution in [2.75, 3.05) is 5.75 Å². The maximum absolute atomic E-state index is 14.6. The molecule has 11 heteroatoms. The van der Waals surface area contributed by atoms with Crippen molar-refractivity contribution in [3.05, 3.63) is 75.8 Å². The molecule has 0 aliphatic heterocycles. The van der Waals surface area contributed by atoms with E-state index in [1.54, 1.807) is 24.3 Å². The third kappa shape index (κ3) is 4.73. The van der Waals surface area contributed by atoms with Gasteiger partial charge in [-0.2, -0.15) is 8.78 Å². The zero-order chi connectivity index (χ0) is 24.6. The van der Waals surface area contributed by atoms with Gasteiger partial charge in [0, 0.05) is 17.5 Å². The molecule has 0 bridgehead atoms. The minimum atomic E-state index is -3.54. The molecule has 0 aliphatic rings. The zero-order valence-electron chi connectivity index (χ0n) is 17.6. The lowest BCUT2D eigenvalue weighted by molar-refractivity contribution is -0.0494. The molecule has 1 heterocycles. The van der Waals surface area contributed by atoms with Crippen LogP contribution in [0.2, 0.25) is 10.0 Å². The van der Waals surface area contributed by atoms with E-state index in [2.05, 4.69) is 14.7 Å². The van der Waals surface area contributed by atoms with Crippen molar-refractivity contribution in [3.8, 4) is 16.9 Å². The average molecular weight is 529 g/mol. The van der Waals surface area contributed by atoms with E-state index < -0.39 is 22.3 Å². The molecule has 4 aromatic rings. The first-order valence-electron chi connectivity index (χ1n) is 10.0. The fourth-order valence-electron chi connectivity index (χ4n) is 3.55. The molecule has 0 atom stereocenters. The quantitative estimate of drug-likeness (QED) is 0.291. The van der Waals surface area contributed by atoms with Gasteiger partial charge in [-0.15, -0.1) is 0 Å². The van der Waals surface area contributed by atoms with Crippen LogP contribution in [0, 0.1) is 5.82 Å². The van der Waals surface area contributed by atoms with Gasteiger partial charge in [-0.05, 0) is 29.8 Å². The number of hydrogen-bond donors (Lipinski definition) is 1. The molecule has 5 nitrogen and oxygen atoms in total. The molecular weight excluding hydrogens is 512 g/mol. The monoisotopic (exact) mass is 528 g/mol. The lowest BCUT2D eigenvalue weighted by Gasteiger charge is -2.13. The lowest BCUT2D eigenvalue weighted by Crippen LogP contribution is -2.05. The second-order valence-corrected chi connectivity index (χ2v) is 10.4. The molecule has 0 saturated heterocycles. The molecule has 0 aliphatic carbocycles. The highest BCUT2D eigenvalue weighted by Crippen LogP contribution is 2.43. The van der Waals surface area contributed by atoms with E-state index in [9.17, 15) is 21.6 Å². The van der Waals surface area contributed by atoms with Crippen LogP contribution in [-0.4, -0.2) is 30.8 Å². The summed E-state index contributed by atoms with van der Waals surface area (Å²) < 4.78 is 68.9. The Labute approximate surface area is 203 Å². The van der Waals surface area contributed by atoms with E-state index in [0.29, 0.717) is 16.9 Å². The number of aromatic amines is 1.